The molecule has 1 atom stereocenters. The molecular weight excluding hydrogens is 230 g/mol. The van der Waals surface area contributed by atoms with Crippen molar-refractivity contribution in [1.82, 2.24) is 15.2 Å². The first kappa shape index (κ1) is 10.7. The van der Waals surface area contributed by atoms with Gasteiger partial charge in [0, 0.05) is 11.1 Å². The largest absolute Gasteiger partial charge is 0.376 e. The van der Waals surface area contributed by atoms with Gasteiger partial charge in [-0.15, -0.1) is 21.5 Å². The van der Waals surface area contributed by atoms with Crippen LogP contribution in [0.3, 0.4) is 0 Å². The lowest BCUT2D eigenvalue weighted by Crippen LogP contribution is -2.22. The lowest BCUT2D eigenvalue weighted by Gasteiger charge is -2.16. The van der Waals surface area contributed by atoms with E-state index in [1.807, 2.05) is 19.2 Å². The Morgan fingerprint density at radius 3 is 2.47 bits per heavy atom. The summed E-state index contributed by atoms with van der Waals surface area (Å²) in [6.07, 6.45) is 0. The first-order valence-electron chi connectivity index (χ1n) is 4.45. The van der Waals surface area contributed by atoms with E-state index in [1.54, 1.807) is 6.92 Å². The van der Waals surface area contributed by atoms with Crippen LogP contribution in [0.25, 0.3) is 0 Å². The zero-order chi connectivity index (χ0) is 11.1. The molecule has 80 valence electrons. The zero-order valence-electron chi connectivity index (χ0n) is 8.68. The summed E-state index contributed by atoms with van der Waals surface area (Å²) >= 11 is 2.83. The molecule has 0 aliphatic carbocycles. The molecule has 0 saturated carbocycles. The van der Waals surface area contributed by atoms with E-state index in [1.165, 1.54) is 22.7 Å². The van der Waals surface area contributed by atoms with Gasteiger partial charge in [-0.05, 0) is 20.8 Å². The van der Waals surface area contributed by atoms with Crippen LogP contribution in [0.2, 0.25) is 0 Å². The molecule has 2 rings (SSSR count). The first-order valence-corrected chi connectivity index (χ1v) is 6.15. The van der Waals surface area contributed by atoms with Crippen LogP contribution in [0.15, 0.2) is 5.38 Å². The molecule has 6 heteroatoms. The Bertz CT molecular complexity index is 433. The van der Waals surface area contributed by atoms with Crippen LogP contribution in [0, 0.1) is 13.8 Å². The highest BCUT2D eigenvalue weighted by Crippen LogP contribution is 2.32. The number of aromatic nitrogens is 3. The number of thiazole rings is 1. The topological polar surface area (TPSA) is 58.9 Å². The van der Waals surface area contributed by atoms with Crippen molar-refractivity contribution in [2.24, 2.45) is 0 Å². The van der Waals surface area contributed by atoms with E-state index in [-0.39, 0.29) is 0 Å². The Morgan fingerprint density at radius 2 is 2.00 bits per heavy atom. The number of hydrogen-bond donors (Lipinski definition) is 1. The van der Waals surface area contributed by atoms with Crippen molar-refractivity contribution < 1.29 is 5.11 Å². The molecule has 0 aromatic carbocycles. The maximum atomic E-state index is 10.3. The Morgan fingerprint density at radius 1 is 1.27 bits per heavy atom. The number of aryl methyl sites for hydroxylation is 2. The molecule has 0 spiro atoms. The smallest absolute Gasteiger partial charge is 0.166 e. The van der Waals surface area contributed by atoms with Crippen LogP contribution in [0.1, 0.15) is 27.6 Å². The highest BCUT2D eigenvalue weighted by atomic mass is 32.1. The molecule has 15 heavy (non-hydrogen) atoms. The second-order valence-corrected chi connectivity index (χ2v) is 5.53. The first-order chi connectivity index (χ1) is 7.00. The van der Waals surface area contributed by atoms with Crippen LogP contribution in [0.4, 0.5) is 0 Å². The van der Waals surface area contributed by atoms with E-state index >= 15 is 0 Å². The fourth-order valence-corrected chi connectivity index (χ4v) is 2.82. The molecule has 2 heterocycles. The van der Waals surface area contributed by atoms with E-state index in [9.17, 15) is 5.11 Å². The summed E-state index contributed by atoms with van der Waals surface area (Å²) in [4.78, 5) is 4.28. The van der Waals surface area contributed by atoms with Gasteiger partial charge in [-0.2, -0.15) is 0 Å². The third-order valence-electron chi connectivity index (χ3n) is 1.98. The van der Waals surface area contributed by atoms with Gasteiger partial charge >= 0.3 is 0 Å². The standard InChI is InChI=1S/C9H11N3OS2/c1-5-4-14-7(10-5)9(3,13)8-12-11-6(2)15-8/h4,13H,1-3H3. The minimum Gasteiger partial charge on any atom is -0.376 e. The molecular formula is C9H11N3OS2. The van der Waals surface area contributed by atoms with Gasteiger partial charge in [0.2, 0.25) is 0 Å². The van der Waals surface area contributed by atoms with Crippen LogP contribution in [0.5, 0.6) is 0 Å². The second kappa shape index (κ2) is 3.62. The van der Waals surface area contributed by atoms with Crippen molar-refractivity contribution in [3.63, 3.8) is 0 Å². The third-order valence-corrected chi connectivity index (χ3v) is 4.20. The molecule has 0 aliphatic heterocycles. The summed E-state index contributed by atoms with van der Waals surface area (Å²) in [7, 11) is 0. The van der Waals surface area contributed by atoms with Gasteiger partial charge in [0.1, 0.15) is 10.0 Å². The maximum absolute atomic E-state index is 10.3. The van der Waals surface area contributed by atoms with Crippen LogP contribution >= 0.6 is 22.7 Å². The van der Waals surface area contributed by atoms with Gasteiger partial charge in [0.05, 0.1) is 0 Å². The number of rotatable bonds is 2. The average molecular weight is 241 g/mol. The Kier molecular flexibility index (Phi) is 2.57. The van der Waals surface area contributed by atoms with Crippen LogP contribution in [-0.4, -0.2) is 20.3 Å². The van der Waals surface area contributed by atoms with Crippen molar-refractivity contribution in [1.29, 1.82) is 0 Å². The van der Waals surface area contributed by atoms with Crippen molar-refractivity contribution in [2.45, 2.75) is 26.4 Å². The molecule has 0 bridgehead atoms. The minimum absolute atomic E-state index is 0.592. The predicted octanol–water partition coefficient (Wildman–Crippen LogP) is 1.87. The SMILES string of the molecule is Cc1csc(C(C)(O)c2nnc(C)s2)n1. The number of hydrogen-bond acceptors (Lipinski definition) is 6. The number of aliphatic hydroxyl groups is 1. The van der Waals surface area contributed by atoms with E-state index in [4.69, 9.17) is 0 Å². The lowest BCUT2D eigenvalue weighted by atomic mass is 10.1. The van der Waals surface area contributed by atoms with Crippen LogP contribution < -0.4 is 0 Å². The summed E-state index contributed by atoms with van der Waals surface area (Å²) < 4.78 is 0. The minimum atomic E-state index is -1.12. The lowest BCUT2D eigenvalue weighted by molar-refractivity contribution is 0.101. The van der Waals surface area contributed by atoms with Gasteiger partial charge in [-0.3, -0.25) is 0 Å². The summed E-state index contributed by atoms with van der Waals surface area (Å²) in [6, 6.07) is 0. The molecule has 2 aromatic heterocycles. The summed E-state index contributed by atoms with van der Waals surface area (Å²) in [5, 5.41) is 22.2. The van der Waals surface area contributed by atoms with Gasteiger partial charge in [-0.1, -0.05) is 11.3 Å². The average Bonchev–Trinajstić information content (AvgIpc) is 2.74. The number of nitrogens with zero attached hydrogens (tertiary/aromatic N) is 3. The molecule has 4 nitrogen and oxygen atoms in total. The van der Waals surface area contributed by atoms with Crippen molar-refractivity contribution in [3.05, 3.63) is 26.1 Å². The van der Waals surface area contributed by atoms with Crippen molar-refractivity contribution >= 4 is 22.7 Å². The molecule has 0 radical (unpaired) electrons. The van der Waals surface area contributed by atoms with E-state index in [0.717, 1.165) is 10.7 Å². The summed E-state index contributed by atoms with van der Waals surface area (Å²) in [6.45, 7) is 5.47. The predicted molar refractivity (Wildman–Crippen MR) is 60.2 cm³/mol. The normalized spacial score (nSPS) is 15.2. The maximum Gasteiger partial charge on any atom is 0.166 e. The van der Waals surface area contributed by atoms with E-state index in [2.05, 4.69) is 15.2 Å². The molecule has 1 unspecified atom stereocenters. The molecule has 0 saturated heterocycles. The van der Waals surface area contributed by atoms with Gasteiger partial charge < -0.3 is 5.11 Å². The summed E-state index contributed by atoms with van der Waals surface area (Å²) in [5.74, 6) is 0. The summed E-state index contributed by atoms with van der Waals surface area (Å²) in [5.41, 5.74) is -0.207. The molecule has 1 N–H and O–H groups in total. The van der Waals surface area contributed by atoms with Gasteiger partial charge in [-0.25, -0.2) is 4.98 Å². The fraction of sp³-hybridized carbons (Fsp3) is 0.444. The van der Waals surface area contributed by atoms with E-state index < -0.39 is 5.60 Å². The molecule has 0 amide bonds. The Balaban J connectivity index is 2.42. The highest BCUT2D eigenvalue weighted by Gasteiger charge is 2.32. The zero-order valence-corrected chi connectivity index (χ0v) is 10.3. The van der Waals surface area contributed by atoms with Gasteiger partial charge in [0.25, 0.3) is 0 Å². The van der Waals surface area contributed by atoms with Crippen LogP contribution in [-0.2, 0) is 5.60 Å². The quantitative estimate of drug-likeness (QED) is 0.872. The fourth-order valence-electron chi connectivity index (χ4n) is 1.16. The van der Waals surface area contributed by atoms with Gasteiger partial charge in [0.15, 0.2) is 10.6 Å². The molecule has 0 aliphatic rings. The monoisotopic (exact) mass is 241 g/mol. The Hall–Kier alpha value is -0.850. The molecule has 2 aromatic rings. The van der Waals surface area contributed by atoms with Crippen molar-refractivity contribution in [3.8, 4) is 0 Å². The van der Waals surface area contributed by atoms with Crippen molar-refractivity contribution in [2.75, 3.05) is 0 Å². The third kappa shape index (κ3) is 1.92. The Labute approximate surface area is 95.7 Å². The second-order valence-electron chi connectivity index (χ2n) is 3.49. The highest BCUT2D eigenvalue weighted by molar-refractivity contribution is 7.12. The molecule has 0 fully saturated rings. The van der Waals surface area contributed by atoms with E-state index in [0.29, 0.717) is 10.0 Å².